The Bertz CT molecular complexity index is 390. The monoisotopic (exact) mass is 236 g/mol. The van der Waals surface area contributed by atoms with Crippen LogP contribution < -0.4 is 0 Å². The molecule has 0 unspecified atom stereocenters. The first-order chi connectivity index (χ1) is 7.72. The summed E-state index contributed by atoms with van der Waals surface area (Å²) in [5.41, 5.74) is 2.34. The predicted molar refractivity (Wildman–Crippen MR) is 67.7 cm³/mol. The second-order valence-electron chi connectivity index (χ2n) is 4.33. The summed E-state index contributed by atoms with van der Waals surface area (Å²) in [5, 5.41) is 0.645. The fourth-order valence-corrected chi connectivity index (χ4v) is 2.60. The van der Waals surface area contributed by atoms with Gasteiger partial charge in [-0.2, -0.15) is 0 Å². The van der Waals surface area contributed by atoms with Crippen molar-refractivity contribution in [3.05, 3.63) is 41.2 Å². The van der Waals surface area contributed by atoms with E-state index in [2.05, 4.69) is 29.5 Å². The first kappa shape index (κ1) is 11.6. The zero-order valence-corrected chi connectivity index (χ0v) is 10.4. The van der Waals surface area contributed by atoms with Crippen molar-refractivity contribution in [3.8, 4) is 0 Å². The maximum absolute atomic E-state index is 6.18. The quantitative estimate of drug-likeness (QED) is 0.591. The van der Waals surface area contributed by atoms with Gasteiger partial charge < -0.3 is 0 Å². The van der Waals surface area contributed by atoms with Gasteiger partial charge in [0.15, 0.2) is 0 Å². The van der Waals surface area contributed by atoms with Gasteiger partial charge in [0.1, 0.15) is 5.15 Å². The lowest BCUT2D eigenvalue weighted by Crippen LogP contribution is -2.23. The highest BCUT2D eigenvalue weighted by molar-refractivity contribution is 6.30. The number of nitrogens with zero attached hydrogens (tertiary/aromatic N) is 2. The Morgan fingerprint density at radius 2 is 2.50 bits per heavy atom. The molecule has 2 nitrogen and oxygen atoms in total. The summed E-state index contributed by atoms with van der Waals surface area (Å²) in [5.74, 6) is 0. The fourth-order valence-electron chi connectivity index (χ4n) is 2.37. The van der Waals surface area contributed by atoms with E-state index in [-0.39, 0.29) is 0 Å². The maximum Gasteiger partial charge on any atom is 0.133 e. The van der Waals surface area contributed by atoms with E-state index in [4.69, 9.17) is 11.6 Å². The van der Waals surface area contributed by atoms with Crippen LogP contribution in [-0.4, -0.2) is 23.0 Å². The van der Waals surface area contributed by atoms with Crippen LogP contribution >= 0.6 is 11.6 Å². The van der Waals surface area contributed by atoms with Crippen molar-refractivity contribution < 1.29 is 0 Å². The summed E-state index contributed by atoms with van der Waals surface area (Å²) in [6.45, 7) is 7.91. The Kier molecular flexibility index (Phi) is 3.62. The summed E-state index contributed by atoms with van der Waals surface area (Å²) in [4.78, 5) is 6.64. The van der Waals surface area contributed by atoms with Crippen molar-refractivity contribution in [2.24, 2.45) is 0 Å². The Hall–Kier alpha value is -0.860. The number of likely N-dealkylation sites (tertiary alicyclic amines) is 1. The number of pyridine rings is 1. The van der Waals surface area contributed by atoms with Crippen molar-refractivity contribution in [3.63, 3.8) is 0 Å². The van der Waals surface area contributed by atoms with Gasteiger partial charge >= 0.3 is 0 Å². The SMILES string of the molecule is C=CCN1CCC[C@H]1c1cc(C)cnc1Cl. The van der Waals surface area contributed by atoms with Gasteiger partial charge in [-0.1, -0.05) is 17.7 Å². The zero-order chi connectivity index (χ0) is 11.5. The molecule has 1 aromatic rings. The van der Waals surface area contributed by atoms with E-state index in [1.807, 2.05) is 12.3 Å². The molecule has 16 heavy (non-hydrogen) atoms. The summed E-state index contributed by atoms with van der Waals surface area (Å²) in [6.07, 6.45) is 6.16. The normalized spacial score (nSPS) is 21.2. The van der Waals surface area contributed by atoms with Crippen molar-refractivity contribution in [1.29, 1.82) is 0 Å². The number of halogens is 1. The van der Waals surface area contributed by atoms with Crippen molar-refractivity contribution >= 4 is 11.6 Å². The van der Waals surface area contributed by atoms with Crippen LogP contribution in [0, 0.1) is 6.92 Å². The molecule has 0 spiro atoms. The Balaban J connectivity index is 2.28. The molecule has 2 rings (SSSR count). The molecule has 86 valence electrons. The molecule has 2 heterocycles. The zero-order valence-electron chi connectivity index (χ0n) is 9.62. The molecular formula is C13H17ClN2. The Labute approximate surface area is 102 Å². The lowest BCUT2D eigenvalue weighted by atomic mass is 10.1. The average molecular weight is 237 g/mol. The van der Waals surface area contributed by atoms with E-state index in [1.54, 1.807) is 0 Å². The standard InChI is InChI=1S/C13H17ClN2/c1-3-6-16-7-4-5-12(16)11-8-10(2)9-15-13(11)14/h3,8-9,12H,1,4-7H2,2H3/t12-/m0/s1. The largest absolute Gasteiger partial charge is 0.293 e. The first-order valence-electron chi connectivity index (χ1n) is 5.69. The molecule has 0 aliphatic carbocycles. The molecule has 0 N–H and O–H groups in total. The summed E-state index contributed by atoms with van der Waals surface area (Å²) >= 11 is 6.18. The van der Waals surface area contributed by atoms with Gasteiger partial charge in [-0.15, -0.1) is 6.58 Å². The Morgan fingerprint density at radius 3 is 3.25 bits per heavy atom. The topological polar surface area (TPSA) is 16.1 Å². The second kappa shape index (κ2) is 4.98. The molecule has 1 saturated heterocycles. The Morgan fingerprint density at radius 1 is 1.69 bits per heavy atom. The third-order valence-electron chi connectivity index (χ3n) is 3.09. The van der Waals surface area contributed by atoms with Gasteiger partial charge in [0.05, 0.1) is 0 Å². The predicted octanol–water partition coefficient (Wildman–Crippen LogP) is 3.37. The molecule has 0 saturated carbocycles. The lowest BCUT2D eigenvalue weighted by Gasteiger charge is -2.24. The molecule has 0 bridgehead atoms. The van der Waals surface area contributed by atoms with E-state index in [0.29, 0.717) is 11.2 Å². The molecule has 0 radical (unpaired) electrons. The van der Waals surface area contributed by atoms with Crippen molar-refractivity contribution in [1.82, 2.24) is 9.88 Å². The van der Waals surface area contributed by atoms with E-state index in [1.165, 1.54) is 24.0 Å². The van der Waals surface area contributed by atoms with E-state index in [0.717, 1.165) is 13.1 Å². The molecular weight excluding hydrogens is 220 g/mol. The summed E-state index contributed by atoms with van der Waals surface area (Å²) < 4.78 is 0. The number of hydrogen-bond acceptors (Lipinski definition) is 2. The van der Waals surface area contributed by atoms with E-state index in [9.17, 15) is 0 Å². The number of hydrogen-bond donors (Lipinski definition) is 0. The summed E-state index contributed by atoms with van der Waals surface area (Å²) in [6, 6.07) is 2.57. The molecule has 1 aliphatic heterocycles. The van der Waals surface area contributed by atoms with Crippen LogP contribution in [0.4, 0.5) is 0 Å². The minimum atomic E-state index is 0.415. The van der Waals surface area contributed by atoms with Gasteiger partial charge in [-0.25, -0.2) is 4.98 Å². The van der Waals surface area contributed by atoms with Gasteiger partial charge in [-0.05, 0) is 37.9 Å². The maximum atomic E-state index is 6.18. The molecule has 1 aromatic heterocycles. The average Bonchev–Trinajstić information content (AvgIpc) is 2.70. The van der Waals surface area contributed by atoms with Crippen LogP contribution in [0.15, 0.2) is 24.9 Å². The number of aryl methyl sites for hydroxylation is 1. The number of rotatable bonds is 3. The lowest BCUT2D eigenvalue weighted by molar-refractivity contribution is 0.285. The highest BCUT2D eigenvalue weighted by Gasteiger charge is 2.26. The molecule has 0 amide bonds. The fraction of sp³-hybridized carbons (Fsp3) is 0.462. The van der Waals surface area contributed by atoms with E-state index < -0.39 is 0 Å². The van der Waals surface area contributed by atoms with Gasteiger partial charge in [0, 0.05) is 24.3 Å². The highest BCUT2D eigenvalue weighted by atomic mass is 35.5. The van der Waals surface area contributed by atoms with Gasteiger partial charge in [-0.3, -0.25) is 4.90 Å². The number of aromatic nitrogens is 1. The van der Waals surface area contributed by atoms with Crippen LogP contribution in [0.25, 0.3) is 0 Å². The van der Waals surface area contributed by atoms with Crippen LogP contribution in [0.1, 0.15) is 30.0 Å². The molecule has 1 aliphatic rings. The first-order valence-corrected chi connectivity index (χ1v) is 6.07. The van der Waals surface area contributed by atoms with Crippen LogP contribution in [0.2, 0.25) is 5.15 Å². The highest BCUT2D eigenvalue weighted by Crippen LogP contribution is 2.34. The third-order valence-corrected chi connectivity index (χ3v) is 3.40. The van der Waals surface area contributed by atoms with Crippen molar-refractivity contribution in [2.75, 3.05) is 13.1 Å². The minimum absolute atomic E-state index is 0.415. The second-order valence-corrected chi connectivity index (χ2v) is 4.69. The van der Waals surface area contributed by atoms with Gasteiger partial charge in [0.2, 0.25) is 0 Å². The van der Waals surface area contributed by atoms with Crippen LogP contribution in [0.5, 0.6) is 0 Å². The molecule has 0 aromatic carbocycles. The third kappa shape index (κ3) is 2.28. The molecule has 3 heteroatoms. The van der Waals surface area contributed by atoms with Crippen LogP contribution in [-0.2, 0) is 0 Å². The molecule has 1 fully saturated rings. The summed E-state index contributed by atoms with van der Waals surface area (Å²) in [7, 11) is 0. The van der Waals surface area contributed by atoms with Crippen molar-refractivity contribution in [2.45, 2.75) is 25.8 Å². The minimum Gasteiger partial charge on any atom is -0.293 e. The van der Waals surface area contributed by atoms with Gasteiger partial charge in [0.25, 0.3) is 0 Å². The molecule has 1 atom stereocenters. The smallest absolute Gasteiger partial charge is 0.133 e. The van der Waals surface area contributed by atoms with E-state index >= 15 is 0 Å². The van der Waals surface area contributed by atoms with Crippen LogP contribution in [0.3, 0.4) is 0 Å².